The maximum Gasteiger partial charge on any atom is 0.253 e. The van der Waals surface area contributed by atoms with Gasteiger partial charge in [-0.3, -0.25) is 4.79 Å². The summed E-state index contributed by atoms with van der Waals surface area (Å²) in [6.45, 7) is 2.23. The molecule has 0 radical (unpaired) electrons. The van der Waals surface area contributed by atoms with Crippen LogP contribution in [0.3, 0.4) is 0 Å². The van der Waals surface area contributed by atoms with E-state index in [1.54, 1.807) is 19.2 Å². The highest BCUT2D eigenvalue weighted by atomic mass is 19.1. The van der Waals surface area contributed by atoms with Gasteiger partial charge in [0, 0.05) is 19.3 Å². The van der Waals surface area contributed by atoms with Crippen LogP contribution in [0.15, 0.2) is 42.5 Å². The van der Waals surface area contributed by atoms with Crippen molar-refractivity contribution in [3.63, 3.8) is 0 Å². The van der Waals surface area contributed by atoms with E-state index in [4.69, 9.17) is 0 Å². The molecule has 1 amide bonds. The summed E-state index contributed by atoms with van der Waals surface area (Å²) in [7, 11) is 1.77. The van der Waals surface area contributed by atoms with Crippen LogP contribution >= 0.6 is 0 Å². The molecule has 2 aromatic carbocycles. The number of anilines is 1. The lowest BCUT2D eigenvalue weighted by molar-refractivity contribution is 0.0951. The fraction of sp³-hybridized carbons (Fsp3) is 0.188. The van der Waals surface area contributed by atoms with Crippen molar-refractivity contribution < 1.29 is 9.18 Å². The fourth-order valence-corrected chi connectivity index (χ4v) is 1.99. The van der Waals surface area contributed by atoms with E-state index in [0.717, 1.165) is 16.8 Å². The van der Waals surface area contributed by atoms with Crippen molar-refractivity contribution in [2.24, 2.45) is 0 Å². The third-order valence-corrected chi connectivity index (χ3v) is 3.03. The van der Waals surface area contributed by atoms with Crippen molar-refractivity contribution >= 4 is 11.6 Å². The summed E-state index contributed by atoms with van der Waals surface area (Å²) < 4.78 is 13.1. The molecule has 0 unspecified atom stereocenters. The van der Waals surface area contributed by atoms with E-state index in [2.05, 4.69) is 10.6 Å². The van der Waals surface area contributed by atoms with Crippen molar-refractivity contribution in [3.05, 3.63) is 65.0 Å². The molecule has 0 aliphatic rings. The zero-order chi connectivity index (χ0) is 14.5. The first-order valence-corrected chi connectivity index (χ1v) is 6.41. The van der Waals surface area contributed by atoms with Crippen LogP contribution in [-0.4, -0.2) is 13.0 Å². The third kappa shape index (κ3) is 3.35. The first kappa shape index (κ1) is 14.1. The highest BCUT2D eigenvalue weighted by molar-refractivity contribution is 5.99. The number of hydrogen-bond acceptors (Lipinski definition) is 2. The molecule has 3 nitrogen and oxygen atoms in total. The minimum absolute atomic E-state index is 0.178. The number of carbonyl (C=O) groups is 1. The Morgan fingerprint density at radius 2 is 2.00 bits per heavy atom. The number of amides is 1. The van der Waals surface area contributed by atoms with Gasteiger partial charge < -0.3 is 10.6 Å². The van der Waals surface area contributed by atoms with E-state index < -0.39 is 0 Å². The van der Waals surface area contributed by atoms with Crippen molar-refractivity contribution in [2.45, 2.75) is 13.5 Å². The van der Waals surface area contributed by atoms with E-state index in [-0.39, 0.29) is 11.7 Å². The molecule has 2 rings (SSSR count). The summed E-state index contributed by atoms with van der Waals surface area (Å²) in [5, 5.41) is 5.79. The van der Waals surface area contributed by atoms with Crippen LogP contribution in [0.4, 0.5) is 10.1 Å². The molecule has 0 saturated carbocycles. The van der Waals surface area contributed by atoms with Crippen LogP contribution in [0.5, 0.6) is 0 Å². The van der Waals surface area contributed by atoms with Crippen LogP contribution < -0.4 is 10.6 Å². The lowest BCUT2D eigenvalue weighted by Gasteiger charge is -2.11. The topological polar surface area (TPSA) is 41.1 Å². The molecule has 4 heteroatoms. The minimum Gasteiger partial charge on any atom is -0.387 e. The van der Waals surface area contributed by atoms with Crippen molar-refractivity contribution in [1.29, 1.82) is 0 Å². The standard InChI is InChI=1S/C16H17FN2O/c1-11-6-7-15(18-2)14(8-11)16(20)19-10-12-4-3-5-13(17)9-12/h3-9,18H,10H2,1-2H3,(H,19,20). The Hall–Kier alpha value is -2.36. The van der Waals surface area contributed by atoms with Gasteiger partial charge in [-0.15, -0.1) is 0 Å². The Kier molecular flexibility index (Phi) is 4.35. The second-order valence-corrected chi connectivity index (χ2v) is 4.61. The molecule has 0 atom stereocenters. The summed E-state index contributed by atoms with van der Waals surface area (Å²) in [4.78, 5) is 12.2. The Morgan fingerprint density at radius 3 is 2.70 bits per heavy atom. The monoisotopic (exact) mass is 272 g/mol. The number of nitrogens with one attached hydrogen (secondary N) is 2. The molecule has 2 aromatic rings. The molecule has 104 valence electrons. The average molecular weight is 272 g/mol. The number of hydrogen-bond donors (Lipinski definition) is 2. The number of carbonyl (C=O) groups excluding carboxylic acids is 1. The molecule has 0 saturated heterocycles. The zero-order valence-electron chi connectivity index (χ0n) is 11.5. The van der Waals surface area contributed by atoms with E-state index >= 15 is 0 Å². The van der Waals surface area contributed by atoms with Crippen molar-refractivity contribution in [3.8, 4) is 0 Å². The van der Waals surface area contributed by atoms with Crippen molar-refractivity contribution in [1.82, 2.24) is 5.32 Å². The summed E-state index contributed by atoms with van der Waals surface area (Å²) in [5.41, 5.74) is 3.10. The van der Waals surface area contributed by atoms with Crippen LogP contribution in [0.1, 0.15) is 21.5 Å². The average Bonchev–Trinajstić information content (AvgIpc) is 2.45. The van der Waals surface area contributed by atoms with Gasteiger partial charge in [0.25, 0.3) is 5.91 Å². The predicted molar refractivity (Wildman–Crippen MR) is 78.3 cm³/mol. The number of aryl methyl sites for hydroxylation is 1. The minimum atomic E-state index is -0.303. The second-order valence-electron chi connectivity index (χ2n) is 4.61. The van der Waals surface area contributed by atoms with Gasteiger partial charge in [0.2, 0.25) is 0 Å². The highest BCUT2D eigenvalue weighted by Gasteiger charge is 2.10. The van der Waals surface area contributed by atoms with Crippen LogP contribution in [0.25, 0.3) is 0 Å². The highest BCUT2D eigenvalue weighted by Crippen LogP contribution is 2.16. The Labute approximate surface area is 117 Å². The quantitative estimate of drug-likeness (QED) is 0.898. The fourth-order valence-electron chi connectivity index (χ4n) is 1.99. The van der Waals surface area contributed by atoms with Gasteiger partial charge in [-0.1, -0.05) is 23.8 Å². The summed E-state index contributed by atoms with van der Waals surface area (Å²) in [6, 6.07) is 11.8. The Bertz CT molecular complexity index is 626. The Morgan fingerprint density at radius 1 is 1.20 bits per heavy atom. The number of halogens is 1. The summed E-state index contributed by atoms with van der Waals surface area (Å²) in [5.74, 6) is -0.481. The predicted octanol–water partition coefficient (Wildman–Crippen LogP) is 3.11. The van der Waals surface area contributed by atoms with E-state index in [0.29, 0.717) is 12.1 Å². The van der Waals surface area contributed by atoms with Gasteiger partial charge >= 0.3 is 0 Å². The first-order chi connectivity index (χ1) is 9.60. The maximum atomic E-state index is 13.1. The van der Waals surface area contributed by atoms with Crippen LogP contribution in [0, 0.1) is 12.7 Å². The van der Waals surface area contributed by atoms with E-state index in [9.17, 15) is 9.18 Å². The molecule has 0 spiro atoms. The lowest BCUT2D eigenvalue weighted by atomic mass is 10.1. The lowest BCUT2D eigenvalue weighted by Crippen LogP contribution is -2.23. The molecular weight excluding hydrogens is 255 g/mol. The van der Waals surface area contributed by atoms with Gasteiger partial charge in [-0.25, -0.2) is 4.39 Å². The van der Waals surface area contributed by atoms with Gasteiger partial charge in [0.05, 0.1) is 5.56 Å². The molecule has 0 heterocycles. The zero-order valence-corrected chi connectivity index (χ0v) is 11.5. The first-order valence-electron chi connectivity index (χ1n) is 6.41. The number of benzene rings is 2. The molecular formula is C16H17FN2O. The Balaban J connectivity index is 2.10. The molecule has 20 heavy (non-hydrogen) atoms. The largest absolute Gasteiger partial charge is 0.387 e. The maximum absolute atomic E-state index is 13.1. The smallest absolute Gasteiger partial charge is 0.253 e. The molecule has 0 aliphatic carbocycles. The van der Waals surface area contributed by atoms with Gasteiger partial charge in [-0.2, -0.15) is 0 Å². The van der Waals surface area contributed by atoms with Gasteiger partial charge in [0.1, 0.15) is 5.82 Å². The summed E-state index contributed by atoms with van der Waals surface area (Å²) in [6.07, 6.45) is 0. The third-order valence-electron chi connectivity index (χ3n) is 3.03. The van der Waals surface area contributed by atoms with Crippen LogP contribution in [0.2, 0.25) is 0 Å². The van der Waals surface area contributed by atoms with E-state index in [1.807, 2.05) is 25.1 Å². The summed E-state index contributed by atoms with van der Waals surface area (Å²) >= 11 is 0. The molecule has 0 bridgehead atoms. The molecule has 0 fully saturated rings. The molecule has 2 N–H and O–H groups in total. The van der Waals surface area contributed by atoms with E-state index in [1.165, 1.54) is 12.1 Å². The molecule has 0 aromatic heterocycles. The second kappa shape index (κ2) is 6.19. The number of rotatable bonds is 4. The van der Waals surface area contributed by atoms with Crippen LogP contribution in [-0.2, 0) is 6.54 Å². The van der Waals surface area contributed by atoms with Crippen molar-refractivity contribution in [2.75, 3.05) is 12.4 Å². The normalized spacial score (nSPS) is 10.2. The van der Waals surface area contributed by atoms with Gasteiger partial charge in [-0.05, 0) is 36.8 Å². The van der Waals surface area contributed by atoms with Gasteiger partial charge in [0.15, 0.2) is 0 Å². The molecule has 0 aliphatic heterocycles. The SMILES string of the molecule is CNc1ccc(C)cc1C(=O)NCc1cccc(F)c1.